The molecule has 0 bridgehead atoms. The van der Waals surface area contributed by atoms with Gasteiger partial charge in [0.05, 0.1) is 12.2 Å². The number of likely N-dealkylation sites (tertiary alicyclic amines) is 1. The monoisotopic (exact) mass is 403 g/mol. The Balaban J connectivity index is 2.01. The first-order valence-electron chi connectivity index (χ1n) is 9.59. The minimum absolute atomic E-state index is 0.215. The number of nitrogens with zero attached hydrogens (tertiary/aromatic N) is 1. The number of hydrogen-bond donors (Lipinski definition) is 0. The van der Waals surface area contributed by atoms with E-state index in [0.29, 0.717) is 25.0 Å². The number of ether oxygens (including phenoxy) is 1. The topological polar surface area (TPSA) is 46.6 Å². The van der Waals surface area contributed by atoms with Crippen molar-refractivity contribution in [3.05, 3.63) is 35.1 Å². The number of benzene rings is 1. The largest absolute Gasteiger partial charge is 0.464 e. The minimum atomic E-state index is -4.77. The molecule has 1 aromatic rings. The summed E-state index contributed by atoms with van der Waals surface area (Å²) in [5, 5.41) is 0. The number of rotatable bonds is 8. The van der Waals surface area contributed by atoms with Gasteiger partial charge in [-0.05, 0) is 37.5 Å². The zero-order valence-corrected chi connectivity index (χ0v) is 15.9. The highest BCUT2D eigenvalue weighted by Crippen LogP contribution is 2.31. The summed E-state index contributed by atoms with van der Waals surface area (Å²) in [6, 6.07) is 0.859. The van der Waals surface area contributed by atoms with Crippen molar-refractivity contribution in [1.82, 2.24) is 4.90 Å². The summed E-state index contributed by atoms with van der Waals surface area (Å²) < 4.78 is 57.5. The number of carbonyl (C=O) groups is 2. The van der Waals surface area contributed by atoms with E-state index in [4.69, 9.17) is 4.74 Å². The molecule has 1 heterocycles. The first-order valence-corrected chi connectivity index (χ1v) is 9.59. The first-order chi connectivity index (χ1) is 13.2. The second kappa shape index (κ2) is 9.89. The number of amides is 1. The van der Waals surface area contributed by atoms with Crippen LogP contribution in [0.1, 0.15) is 67.8 Å². The Morgan fingerprint density at radius 2 is 1.86 bits per heavy atom. The molecule has 0 radical (unpaired) electrons. The molecule has 0 aromatic heterocycles. The predicted molar refractivity (Wildman–Crippen MR) is 95.2 cm³/mol. The Hall–Kier alpha value is -2.12. The van der Waals surface area contributed by atoms with Crippen molar-refractivity contribution in [3.63, 3.8) is 0 Å². The van der Waals surface area contributed by atoms with E-state index in [9.17, 15) is 27.2 Å². The number of alkyl halides is 3. The molecule has 1 aromatic carbocycles. The van der Waals surface area contributed by atoms with Gasteiger partial charge in [-0.25, -0.2) is 9.18 Å². The molecule has 1 saturated heterocycles. The molecule has 1 atom stereocenters. The van der Waals surface area contributed by atoms with E-state index in [2.05, 4.69) is 6.92 Å². The van der Waals surface area contributed by atoms with Gasteiger partial charge >= 0.3 is 12.1 Å². The van der Waals surface area contributed by atoms with Crippen LogP contribution in [-0.2, 0) is 15.7 Å². The van der Waals surface area contributed by atoms with E-state index in [0.717, 1.165) is 38.2 Å². The molecule has 1 fully saturated rings. The summed E-state index contributed by atoms with van der Waals surface area (Å²) in [6.45, 7) is 2.56. The van der Waals surface area contributed by atoms with Crippen molar-refractivity contribution in [1.29, 1.82) is 0 Å². The molecule has 156 valence electrons. The van der Waals surface area contributed by atoms with Gasteiger partial charge in [-0.2, -0.15) is 13.2 Å². The fourth-order valence-electron chi connectivity index (χ4n) is 3.27. The molecule has 0 saturated carbocycles. The number of halogens is 4. The van der Waals surface area contributed by atoms with E-state index in [1.165, 1.54) is 4.90 Å². The van der Waals surface area contributed by atoms with Crippen LogP contribution in [0.5, 0.6) is 0 Å². The Morgan fingerprint density at radius 3 is 2.54 bits per heavy atom. The van der Waals surface area contributed by atoms with Crippen LogP contribution in [0.15, 0.2) is 18.2 Å². The molecule has 0 aliphatic carbocycles. The van der Waals surface area contributed by atoms with E-state index in [1.807, 2.05) is 0 Å². The maximum absolute atomic E-state index is 13.6. The Bertz CT molecular complexity index is 691. The lowest BCUT2D eigenvalue weighted by Gasteiger charge is -2.23. The van der Waals surface area contributed by atoms with Crippen molar-refractivity contribution in [3.8, 4) is 0 Å². The molecule has 0 spiro atoms. The molecule has 4 nitrogen and oxygen atoms in total. The van der Waals surface area contributed by atoms with Crippen LogP contribution in [0.2, 0.25) is 0 Å². The fraction of sp³-hybridized carbons (Fsp3) is 0.600. The first kappa shape index (κ1) is 22.2. The van der Waals surface area contributed by atoms with E-state index in [1.54, 1.807) is 0 Å². The van der Waals surface area contributed by atoms with Gasteiger partial charge in [0.1, 0.15) is 11.9 Å². The zero-order valence-electron chi connectivity index (χ0n) is 15.9. The lowest BCUT2D eigenvalue weighted by molar-refractivity contribution is -0.148. The van der Waals surface area contributed by atoms with Gasteiger partial charge in [0.15, 0.2) is 0 Å². The SMILES string of the molecule is CCCCCCCOC(=O)C1CCCN1C(=O)c1cc(F)cc(C(F)(F)F)c1. The maximum atomic E-state index is 13.6. The van der Waals surface area contributed by atoms with E-state index >= 15 is 0 Å². The van der Waals surface area contributed by atoms with Crippen molar-refractivity contribution in [2.45, 2.75) is 64.1 Å². The highest BCUT2D eigenvalue weighted by molar-refractivity contribution is 5.97. The van der Waals surface area contributed by atoms with Crippen LogP contribution >= 0.6 is 0 Å². The smallest absolute Gasteiger partial charge is 0.416 e. The second-order valence-electron chi connectivity index (χ2n) is 6.96. The quantitative estimate of drug-likeness (QED) is 0.350. The highest BCUT2D eigenvalue weighted by Gasteiger charge is 2.37. The van der Waals surface area contributed by atoms with Crippen molar-refractivity contribution >= 4 is 11.9 Å². The third-order valence-corrected chi connectivity index (χ3v) is 4.75. The van der Waals surface area contributed by atoms with Gasteiger partial charge < -0.3 is 9.64 Å². The van der Waals surface area contributed by atoms with Gasteiger partial charge in [-0.3, -0.25) is 4.79 Å². The molecular weight excluding hydrogens is 378 g/mol. The van der Waals surface area contributed by atoms with Crippen LogP contribution in [-0.4, -0.2) is 36.0 Å². The minimum Gasteiger partial charge on any atom is -0.464 e. The summed E-state index contributed by atoms with van der Waals surface area (Å²) in [6.07, 6.45) is 1.09. The zero-order chi connectivity index (χ0) is 20.7. The molecule has 1 aliphatic heterocycles. The van der Waals surface area contributed by atoms with Crippen LogP contribution < -0.4 is 0 Å². The lowest BCUT2D eigenvalue weighted by Crippen LogP contribution is -2.41. The Labute approximate surface area is 161 Å². The third kappa shape index (κ3) is 5.94. The average molecular weight is 403 g/mol. The Kier molecular flexibility index (Phi) is 7.83. The number of esters is 1. The molecule has 1 amide bonds. The van der Waals surface area contributed by atoms with E-state index < -0.39 is 41.0 Å². The molecule has 1 aliphatic rings. The standard InChI is InChI=1S/C20H25F4NO3/c1-2-3-4-5-6-10-28-19(27)17-8-7-9-25(17)18(26)14-11-15(20(22,23)24)13-16(21)12-14/h11-13,17H,2-10H2,1H3. The fourth-order valence-corrected chi connectivity index (χ4v) is 3.27. The molecule has 0 N–H and O–H groups in total. The van der Waals surface area contributed by atoms with Crippen LogP contribution in [0.25, 0.3) is 0 Å². The van der Waals surface area contributed by atoms with E-state index in [-0.39, 0.29) is 13.2 Å². The summed E-state index contributed by atoms with van der Waals surface area (Å²) in [5.41, 5.74) is -1.66. The average Bonchev–Trinajstić information content (AvgIpc) is 3.12. The molecule has 2 rings (SSSR count). The third-order valence-electron chi connectivity index (χ3n) is 4.75. The number of carbonyl (C=O) groups excluding carboxylic acids is 2. The molecule has 8 heteroatoms. The highest BCUT2D eigenvalue weighted by atomic mass is 19.4. The number of unbranched alkanes of at least 4 members (excludes halogenated alkanes) is 4. The number of hydrogen-bond acceptors (Lipinski definition) is 3. The van der Waals surface area contributed by atoms with Crippen molar-refractivity contribution in [2.75, 3.05) is 13.2 Å². The molecule has 28 heavy (non-hydrogen) atoms. The van der Waals surface area contributed by atoms with Gasteiger partial charge in [0, 0.05) is 12.1 Å². The summed E-state index contributed by atoms with van der Waals surface area (Å²) in [4.78, 5) is 26.1. The second-order valence-corrected chi connectivity index (χ2v) is 6.96. The van der Waals surface area contributed by atoms with Gasteiger partial charge in [-0.1, -0.05) is 32.6 Å². The van der Waals surface area contributed by atoms with Gasteiger partial charge in [-0.15, -0.1) is 0 Å². The maximum Gasteiger partial charge on any atom is 0.416 e. The van der Waals surface area contributed by atoms with Crippen molar-refractivity contribution in [2.24, 2.45) is 0 Å². The van der Waals surface area contributed by atoms with Crippen LogP contribution in [0.4, 0.5) is 17.6 Å². The molecule has 1 unspecified atom stereocenters. The van der Waals surface area contributed by atoms with Crippen LogP contribution in [0, 0.1) is 5.82 Å². The summed E-state index contributed by atoms with van der Waals surface area (Å²) in [5.74, 6) is -2.51. The normalized spacial score (nSPS) is 17.0. The van der Waals surface area contributed by atoms with Crippen LogP contribution in [0.3, 0.4) is 0 Å². The summed E-state index contributed by atoms with van der Waals surface area (Å²) >= 11 is 0. The van der Waals surface area contributed by atoms with Gasteiger partial charge in [0.2, 0.25) is 0 Å². The lowest BCUT2D eigenvalue weighted by atomic mass is 10.1. The predicted octanol–water partition coefficient (Wildman–Crippen LogP) is 4.96. The Morgan fingerprint density at radius 1 is 1.14 bits per heavy atom. The van der Waals surface area contributed by atoms with Gasteiger partial charge in [0.25, 0.3) is 5.91 Å². The van der Waals surface area contributed by atoms with Crippen molar-refractivity contribution < 1.29 is 31.9 Å². The molecular formula is C20H25F4NO3. The summed E-state index contributed by atoms with van der Waals surface area (Å²) in [7, 11) is 0.